The Morgan fingerprint density at radius 2 is 1.81 bits per heavy atom. The fourth-order valence-corrected chi connectivity index (χ4v) is 4.12. The van der Waals surface area contributed by atoms with E-state index < -0.39 is 33.1 Å². The van der Waals surface area contributed by atoms with Crippen molar-refractivity contribution in [1.29, 1.82) is 0 Å². The Morgan fingerprint density at radius 3 is 2.50 bits per heavy atom. The van der Waals surface area contributed by atoms with Gasteiger partial charge in [0.2, 0.25) is 10.0 Å². The quantitative estimate of drug-likeness (QED) is 0.780. The molecule has 140 valence electrons. The molecule has 1 atom stereocenters. The Kier molecular flexibility index (Phi) is 5.01. The highest BCUT2D eigenvalue weighted by Crippen LogP contribution is 2.32. The number of nitrogens with zero attached hydrogens (tertiary/aromatic N) is 3. The third kappa shape index (κ3) is 4.22. The molecule has 1 unspecified atom stereocenters. The molecule has 0 amide bonds. The SMILES string of the molecule is O=S(=O)(c1ccccc1OC(F)(F)F)N1CCC(Oc2ncccn2)C1. The Balaban J connectivity index is 1.77. The van der Waals surface area contributed by atoms with Crippen molar-refractivity contribution in [2.75, 3.05) is 13.1 Å². The summed E-state index contributed by atoms with van der Waals surface area (Å²) in [5.41, 5.74) is 0. The van der Waals surface area contributed by atoms with E-state index in [4.69, 9.17) is 4.74 Å². The van der Waals surface area contributed by atoms with E-state index in [9.17, 15) is 21.6 Å². The summed E-state index contributed by atoms with van der Waals surface area (Å²) in [6.07, 6.45) is -2.16. The first-order valence-corrected chi connectivity index (χ1v) is 8.98. The minimum absolute atomic E-state index is 0.0268. The lowest BCUT2D eigenvalue weighted by atomic mass is 10.3. The lowest BCUT2D eigenvalue weighted by Crippen LogP contribution is -2.32. The predicted octanol–water partition coefficient (Wildman–Crippen LogP) is 2.22. The largest absolute Gasteiger partial charge is 0.573 e. The molecule has 1 aliphatic rings. The first-order chi connectivity index (χ1) is 12.3. The van der Waals surface area contributed by atoms with Gasteiger partial charge in [0.25, 0.3) is 0 Å². The maximum absolute atomic E-state index is 12.7. The van der Waals surface area contributed by atoms with Crippen LogP contribution in [0, 0.1) is 0 Å². The molecule has 0 N–H and O–H groups in total. The minimum Gasteiger partial charge on any atom is -0.459 e. The van der Waals surface area contributed by atoms with Gasteiger partial charge in [-0.25, -0.2) is 18.4 Å². The summed E-state index contributed by atoms with van der Waals surface area (Å²) in [7, 11) is -4.18. The summed E-state index contributed by atoms with van der Waals surface area (Å²) in [6, 6.07) is 6.35. The number of ether oxygens (including phenoxy) is 2. The van der Waals surface area contributed by atoms with Crippen LogP contribution in [0.4, 0.5) is 13.2 Å². The summed E-state index contributed by atoms with van der Waals surface area (Å²) in [5.74, 6) is -0.768. The molecule has 0 bridgehead atoms. The highest BCUT2D eigenvalue weighted by molar-refractivity contribution is 7.89. The van der Waals surface area contributed by atoms with E-state index in [0.29, 0.717) is 6.42 Å². The van der Waals surface area contributed by atoms with Gasteiger partial charge in [-0.15, -0.1) is 13.2 Å². The zero-order valence-corrected chi connectivity index (χ0v) is 14.1. The van der Waals surface area contributed by atoms with Crippen LogP contribution in [0.15, 0.2) is 47.6 Å². The summed E-state index contributed by atoms with van der Waals surface area (Å²) in [6.45, 7) is 0.0706. The number of hydrogen-bond donors (Lipinski definition) is 0. The van der Waals surface area contributed by atoms with Crippen molar-refractivity contribution in [3.05, 3.63) is 42.7 Å². The van der Waals surface area contributed by atoms with E-state index in [2.05, 4.69) is 14.7 Å². The van der Waals surface area contributed by atoms with Gasteiger partial charge in [-0.1, -0.05) is 12.1 Å². The van der Waals surface area contributed by atoms with Gasteiger partial charge < -0.3 is 9.47 Å². The van der Waals surface area contributed by atoms with Crippen molar-refractivity contribution in [2.24, 2.45) is 0 Å². The number of benzene rings is 1. The number of alkyl halides is 3. The number of hydrogen-bond acceptors (Lipinski definition) is 6. The standard InChI is InChI=1S/C15H14F3N3O4S/c16-15(17,18)25-12-4-1-2-5-13(12)26(22,23)21-9-6-11(10-21)24-14-19-7-3-8-20-14/h1-5,7-8,11H,6,9-10H2. The Labute approximate surface area is 147 Å². The fourth-order valence-electron chi connectivity index (χ4n) is 2.52. The van der Waals surface area contributed by atoms with Crippen molar-refractivity contribution in [1.82, 2.24) is 14.3 Å². The van der Waals surface area contributed by atoms with Crippen LogP contribution in [0.2, 0.25) is 0 Å². The molecule has 0 spiro atoms. The molecule has 2 heterocycles. The van der Waals surface area contributed by atoms with Crippen LogP contribution in [0.25, 0.3) is 0 Å². The highest BCUT2D eigenvalue weighted by Gasteiger charge is 2.38. The zero-order valence-electron chi connectivity index (χ0n) is 13.3. The van der Waals surface area contributed by atoms with E-state index in [1.54, 1.807) is 6.07 Å². The summed E-state index contributed by atoms with van der Waals surface area (Å²) in [4.78, 5) is 7.24. The molecule has 1 aliphatic heterocycles. The lowest BCUT2D eigenvalue weighted by molar-refractivity contribution is -0.275. The molecule has 0 radical (unpaired) electrons. The van der Waals surface area contributed by atoms with Gasteiger partial charge in [-0.3, -0.25) is 0 Å². The molecule has 1 fully saturated rings. The van der Waals surface area contributed by atoms with E-state index in [1.807, 2.05) is 0 Å². The normalized spacial score (nSPS) is 18.7. The minimum atomic E-state index is -4.99. The van der Waals surface area contributed by atoms with Crippen molar-refractivity contribution >= 4 is 10.0 Å². The Morgan fingerprint density at radius 1 is 1.12 bits per heavy atom. The van der Waals surface area contributed by atoms with E-state index in [-0.39, 0.29) is 19.1 Å². The van der Waals surface area contributed by atoms with Gasteiger partial charge in [0.1, 0.15) is 16.7 Å². The Bertz CT molecular complexity index is 862. The van der Waals surface area contributed by atoms with Crippen LogP contribution < -0.4 is 9.47 Å². The number of para-hydroxylation sites is 1. The van der Waals surface area contributed by atoms with Crippen LogP contribution in [-0.2, 0) is 10.0 Å². The first kappa shape index (κ1) is 18.4. The van der Waals surface area contributed by atoms with Crippen LogP contribution in [-0.4, -0.2) is 48.2 Å². The maximum Gasteiger partial charge on any atom is 0.573 e. The van der Waals surface area contributed by atoms with Crippen molar-refractivity contribution < 1.29 is 31.1 Å². The zero-order chi connectivity index (χ0) is 18.8. The Hall–Kier alpha value is -2.40. The monoisotopic (exact) mass is 389 g/mol. The predicted molar refractivity (Wildman–Crippen MR) is 82.9 cm³/mol. The molecule has 7 nitrogen and oxygen atoms in total. The lowest BCUT2D eigenvalue weighted by Gasteiger charge is -2.19. The van der Waals surface area contributed by atoms with Gasteiger partial charge >= 0.3 is 12.4 Å². The molecule has 1 saturated heterocycles. The molecule has 0 aliphatic carbocycles. The smallest absolute Gasteiger partial charge is 0.459 e. The summed E-state index contributed by atoms with van der Waals surface area (Å²) < 4.78 is 73.4. The third-order valence-electron chi connectivity index (χ3n) is 3.61. The molecule has 1 aromatic heterocycles. The molecule has 1 aromatic carbocycles. The third-order valence-corrected chi connectivity index (χ3v) is 5.52. The van der Waals surface area contributed by atoms with Crippen molar-refractivity contribution in [2.45, 2.75) is 23.8 Å². The molecule has 0 saturated carbocycles. The average molecular weight is 389 g/mol. The topological polar surface area (TPSA) is 81.6 Å². The van der Waals surface area contributed by atoms with Gasteiger partial charge in [-0.2, -0.15) is 4.31 Å². The molecule has 2 aromatic rings. The molecular weight excluding hydrogens is 375 g/mol. The van der Waals surface area contributed by atoms with Crippen LogP contribution >= 0.6 is 0 Å². The average Bonchev–Trinajstić information content (AvgIpc) is 3.04. The summed E-state index contributed by atoms with van der Waals surface area (Å²) in [5, 5.41) is 0. The number of aromatic nitrogens is 2. The van der Waals surface area contributed by atoms with Crippen LogP contribution in [0.1, 0.15) is 6.42 Å². The summed E-state index contributed by atoms with van der Waals surface area (Å²) >= 11 is 0. The second kappa shape index (κ2) is 7.08. The first-order valence-electron chi connectivity index (χ1n) is 7.54. The van der Waals surface area contributed by atoms with Gasteiger partial charge in [0, 0.05) is 18.9 Å². The van der Waals surface area contributed by atoms with Crippen molar-refractivity contribution in [3.8, 4) is 11.8 Å². The van der Waals surface area contributed by atoms with Crippen LogP contribution in [0.3, 0.4) is 0 Å². The fraction of sp³-hybridized carbons (Fsp3) is 0.333. The second-order valence-corrected chi connectivity index (χ2v) is 7.32. The van der Waals surface area contributed by atoms with Crippen molar-refractivity contribution in [3.63, 3.8) is 0 Å². The highest BCUT2D eigenvalue weighted by atomic mass is 32.2. The maximum atomic E-state index is 12.7. The number of sulfonamides is 1. The molecule has 11 heteroatoms. The molecule has 26 heavy (non-hydrogen) atoms. The van der Waals surface area contributed by atoms with E-state index in [0.717, 1.165) is 16.4 Å². The molecule has 3 rings (SSSR count). The van der Waals surface area contributed by atoms with Crippen LogP contribution in [0.5, 0.6) is 11.8 Å². The number of rotatable bonds is 5. The van der Waals surface area contributed by atoms with E-state index >= 15 is 0 Å². The molecular formula is C15H14F3N3O4S. The second-order valence-electron chi connectivity index (χ2n) is 5.42. The van der Waals surface area contributed by atoms with Gasteiger partial charge in [-0.05, 0) is 24.6 Å². The van der Waals surface area contributed by atoms with E-state index in [1.165, 1.54) is 24.5 Å². The number of halogens is 3. The van der Waals surface area contributed by atoms with Gasteiger partial charge in [0.05, 0.1) is 6.54 Å². The van der Waals surface area contributed by atoms with Gasteiger partial charge in [0.15, 0.2) is 0 Å².